The van der Waals surface area contributed by atoms with Crippen LogP contribution in [0.25, 0.3) is 11.5 Å². The van der Waals surface area contributed by atoms with Gasteiger partial charge in [-0.05, 0) is 0 Å². The molecule has 0 aliphatic rings. The number of furan rings is 1. The first kappa shape index (κ1) is 11.1. The molecule has 0 bridgehead atoms. The molecule has 0 unspecified atom stereocenters. The number of esters is 1. The average Bonchev–Trinajstić information content (AvgIpc) is 2.93. The van der Waals surface area contributed by atoms with Gasteiger partial charge >= 0.3 is 5.97 Å². The Balaban J connectivity index is 2.43. The number of carbonyl (C=O) groups excluding carboxylic acids is 2. The number of ether oxygens (including phenoxy) is 1. The minimum atomic E-state index is -0.497. The lowest BCUT2D eigenvalue weighted by molar-refractivity contribution is 0.0600. The van der Waals surface area contributed by atoms with Crippen molar-refractivity contribution in [1.82, 2.24) is 9.78 Å². The Labute approximate surface area is 96.8 Å². The molecule has 0 amide bonds. The minimum absolute atomic E-state index is 0.282. The molecule has 0 N–H and O–H groups in total. The maximum atomic E-state index is 11.2. The molecular formula is C11H10N2O4. The third kappa shape index (κ3) is 1.96. The van der Waals surface area contributed by atoms with E-state index in [1.165, 1.54) is 24.1 Å². The van der Waals surface area contributed by atoms with E-state index >= 15 is 0 Å². The monoisotopic (exact) mass is 234 g/mol. The predicted molar refractivity (Wildman–Crippen MR) is 57.6 cm³/mol. The van der Waals surface area contributed by atoms with E-state index in [2.05, 4.69) is 9.84 Å². The summed E-state index contributed by atoms with van der Waals surface area (Å²) in [6.07, 6.45) is 3.52. The van der Waals surface area contributed by atoms with Gasteiger partial charge in [0.1, 0.15) is 12.0 Å². The molecule has 6 nitrogen and oxygen atoms in total. The molecule has 2 aromatic rings. The van der Waals surface area contributed by atoms with E-state index in [-0.39, 0.29) is 5.56 Å². The van der Waals surface area contributed by atoms with E-state index < -0.39 is 5.97 Å². The molecule has 0 atom stereocenters. The van der Waals surface area contributed by atoms with Gasteiger partial charge in [-0.2, -0.15) is 5.10 Å². The first-order valence-electron chi connectivity index (χ1n) is 4.81. The molecule has 17 heavy (non-hydrogen) atoms. The average molecular weight is 234 g/mol. The van der Waals surface area contributed by atoms with Gasteiger partial charge < -0.3 is 9.15 Å². The fourth-order valence-electron chi connectivity index (χ4n) is 1.47. The molecule has 0 aliphatic heterocycles. The van der Waals surface area contributed by atoms with Crippen molar-refractivity contribution in [2.24, 2.45) is 7.05 Å². The molecule has 88 valence electrons. The molecule has 0 saturated carbocycles. The normalized spacial score (nSPS) is 10.2. The summed E-state index contributed by atoms with van der Waals surface area (Å²) in [5.74, 6) is -0.142. The van der Waals surface area contributed by atoms with Gasteiger partial charge in [0.25, 0.3) is 0 Å². The highest BCUT2D eigenvalue weighted by molar-refractivity contribution is 5.91. The summed E-state index contributed by atoms with van der Waals surface area (Å²) >= 11 is 0. The summed E-state index contributed by atoms with van der Waals surface area (Å²) in [7, 11) is 2.98. The summed E-state index contributed by atoms with van der Waals surface area (Å²) in [5.41, 5.74) is 1.08. The van der Waals surface area contributed by atoms with Gasteiger partial charge in [-0.25, -0.2) is 4.79 Å². The molecule has 2 heterocycles. The van der Waals surface area contributed by atoms with Gasteiger partial charge in [-0.15, -0.1) is 0 Å². The van der Waals surface area contributed by atoms with Gasteiger partial charge in [0.05, 0.1) is 18.2 Å². The number of methoxy groups -OCH3 is 1. The van der Waals surface area contributed by atoms with Crippen molar-refractivity contribution in [2.75, 3.05) is 7.11 Å². The van der Waals surface area contributed by atoms with Crippen molar-refractivity contribution < 1.29 is 18.7 Å². The number of aryl methyl sites for hydroxylation is 1. The predicted octanol–water partition coefficient (Wildman–Crippen LogP) is 1.28. The number of hydrogen-bond acceptors (Lipinski definition) is 5. The zero-order chi connectivity index (χ0) is 12.4. The van der Waals surface area contributed by atoms with Gasteiger partial charge in [0, 0.05) is 19.3 Å². The van der Waals surface area contributed by atoms with E-state index in [0.29, 0.717) is 23.3 Å². The second-order valence-electron chi connectivity index (χ2n) is 3.42. The Morgan fingerprint density at radius 1 is 1.59 bits per heavy atom. The maximum absolute atomic E-state index is 11.2. The van der Waals surface area contributed by atoms with Crippen LogP contribution in [0.15, 0.2) is 22.9 Å². The largest absolute Gasteiger partial charge is 0.465 e. The van der Waals surface area contributed by atoms with Crippen molar-refractivity contribution in [2.45, 2.75) is 0 Å². The third-order valence-corrected chi connectivity index (χ3v) is 2.24. The minimum Gasteiger partial charge on any atom is -0.465 e. The van der Waals surface area contributed by atoms with Gasteiger partial charge in [-0.1, -0.05) is 0 Å². The smallest absolute Gasteiger partial charge is 0.341 e. The summed E-state index contributed by atoms with van der Waals surface area (Å²) < 4.78 is 11.2. The zero-order valence-corrected chi connectivity index (χ0v) is 9.34. The van der Waals surface area contributed by atoms with E-state index in [9.17, 15) is 9.59 Å². The first-order chi connectivity index (χ1) is 8.15. The van der Waals surface area contributed by atoms with Crippen LogP contribution in [-0.4, -0.2) is 29.1 Å². The SMILES string of the molecule is COC(=O)c1coc(-c2nn(C)cc2C=O)c1. The molecule has 0 saturated heterocycles. The van der Waals surface area contributed by atoms with E-state index in [0.717, 1.165) is 0 Å². The van der Waals surface area contributed by atoms with Crippen molar-refractivity contribution in [3.05, 3.63) is 29.7 Å². The Hall–Kier alpha value is -2.37. The number of nitrogens with zero attached hydrogens (tertiary/aromatic N) is 2. The van der Waals surface area contributed by atoms with Crippen LogP contribution < -0.4 is 0 Å². The lowest BCUT2D eigenvalue weighted by atomic mass is 10.2. The van der Waals surface area contributed by atoms with Crippen LogP contribution >= 0.6 is 0 Å². The summed E-state index contributed by atoms with van der Waals surface area (Å²) in [5, 5.41) is 4.09. The summed E-state index contributed by atoms with van der Waals surface area (Å²) in [4.78, 5) is 22.1. The van der Waals surface area contributed by atoms with Crippen molar-refractivity contribution in [3.8, 4) is 11.5 Å². The van der Waals surface area contributed by atoms with E-state index in [1.807, 2.05) is 0 Å². The van der Waals surface area contributed by atoms with Crippen molar-refractivity contribution in [3.63, 3.8) is 0 Å². The molecule has 0 spiro atoms. The summed E-state index contributed by atoms with van der Waals surface area (Å²) in [6.45, 7) is 0. The molecular weight excluding hydrogens is 224 g/mol. The van der Waals surface area contributed by atoms with E-state index in [4.69, 9.17) is 4.42 Å². The molecule has 0 fully saturated rings. The maximum Gasteiger partial charge on any atom is 0.341 e. The second-order valence-corrected chi connectivity index (χ2v) is 3.42. The van der Waals surface area contributed by atoms with Crippen LogP contribution in [0.5, 0.6) is 0 Å². The fourth-order valence-corrected chi connectivity index (χ4v) is 1.47. The molecule has 6 heteroatoms. The van der Waals surface area contributed by atoms with Crippen LogP contribution in [0.1, 0.15) is 20.7 Å². The number of aldehydes is 1. The Morgan fingerprint density at radius 2 is 2.35 bits per heavy atom. The quantitative estimate of drug-likeness (QED) is 0.590. The van der Waals surface area contributed by atoms with Crippen LogP contribution in [0.4, 0.5) is 0 Å². The molecule has 2 rings (SSSR count). The molecule has 0 aromatic carbocycles. The lowest BCUT2D eigenvalue weighted by Gasteiger charge is -1.91. The van der Waals surface area contributed by atoms with Crippen molar-refractivity contribution in [1.29, 1.82) is 0 Å². The number of rotatable bonds is 3. The van der Waals surface area contributed by atoms with Crippen LogP contribution in [0, 0.1) is 0 Å². The second kappa shape index (κ2) is 4.25. The number of hydrogen-bond donors (Lipinski definition) is 0. The lowest BCUT2D eigenvalue weighted by Crippen LogP contribution is -1.98. The Kier molecular flexibility index (Phi) is 2.78. The zero-order valence-electron chi connectivity index (χ0n) is 9.34. The van der Waals surface area contributed by atoms with Crippen LogP contribution in [0.3, 0.4) is 0 Å². The van der Waals surface area contributed by atoms with Gasteiger partial charge in [0.15, 0.2) is 12.0 Å². The Morgan fingerprint density at radius 3 is 3.00 bits per heavy atom. The van der Waals surface area contributed by atoms with Crippen LogP contribution in [0.2, 0.25) is 0 Å². The fraction of sp³-hybridized carbons (Fsp3) is 0.182. The first-order valence-corrected chi connectivity index (χ1v) is 4.81. The highest BCUT2D eigenvalue weighted by Gasteiger charge is 2.16. The third-order valence-electron chi connectivity index (χ3n) is 2.24. The Bertz CT molecular complexity index is 568. The number of aromatic nitrogens is 2. The highest BCUT2D eigenvalue weighted by atomic mass is 16.5. The highest BCUT2D eigenvalue weighted by Crippen LogP contribution is 2.23. The van der Waals surface area contributed by atoms with Crippen molar-refractivity contribution >= 4 is 12.3 Å². The molecule has 2 aromatic heterocycles. The van der Waals surface area contributed by atoms with Gasteiger partial charge in [0.2, 0.25) is 0 Å². The summed E-state index contributed by atoms with van der Waals surface area (Å²) in [6, 6.07) is 1.49. The standard InChI is InChI=1S/C11H10N2O4/c1-13-4-8(5-14)10(12-13)9-3-7(6-17-9)11(15)16-2/h3-6H,1-2H3. The van der Waals surface area contributed by atoms with Gasteiger partial charge in [-0.3, -0.25) is 9.48 Å². The molecule has 0 aliphatic carbocycles. The number of carbonyl (C=O) groups is 2. The topological polar surface area (TPSA) is 74.3 Å². The van der Waals surface area contributed by atoms with Crippen LogP contribution in [-0.2, 0) is 11.8 Å². The van der Waals surface area contributed by atoms with E-state index in [1.54, 1.807) is 13.2 Å². The molecule has 0 radical (unpaired) electrons.